The molecular formula is C16H22N2O5S2. The summed E-state index contributed by atoms with van der Waals surface area (Å²) in [7, 11) is -2.04. The zero-order valence-corrected chi connectivity index (χ0v) is 16.1. The smallest absolute Gasteiger partial charge is 0.328 e. The van der Waals surface area contributed by atoms with Gasteiger partial charge < -0.3 is 10.1 Å². The van der Waals surface area contributed by atoms with Crippen molar-refractivity contribution in [2.24, 2.45) is 0 Å². The highest BCUT2D eigenvalue weighted by Gasteiger charge is 2.27. The lowest BCUT2D eigenvalue weighted by atomic mass is 10.1. The minimum atomic E-state index is -3.32. The lowest BCUT2D eigenvalue weighted by Gasteiger charge is -2.18. The maximum atomic E-state index is 12.5. The van der Waals surface area contributed by atoms with Crippen molar-refractivity contribution in [1.29, 1.82) is 0 Å². The second-order valence-electron chi connectivity index (χ2n) is 5.76. The first-order chi connectivity index (χ1) is 11.8. The number of fused-ring (bicyclic) bond motifs is 1. The van der Waals surface area contributed by atoms with Crippen molar-refractivity contribution in [2.75, 3.05) is 36.2 Å². The molecular weight excluding hydrogens is 364 g/mol. The topological polar surface area (TPSA) is 92.8 Å². The molecule has 0 bridgehead atoms. The Labute approximate surface area is 152 Å². The van der Waals surface area contributed by atoms with Gasteiger partial charge >= 0.3 is 5.97 Å². The van der Waals surface area contributed by atoms with Crippen LogP contribution in [0.15, 0.2) is 18.2 Å². The minimum Gasteiger partial charge on any atom is -0.467 e. The van der Waals surface area contributed by atoms with E-state index in [1.165, 1.54) is 11.4 Å². The van der Waals surface area contributed by atoms with Crippen molar-refractivity contribution >= 4 is 39.3 Å². The van der Waals surface area contributed by atoms with Gasteiger partial charge in [0, 0.05) is 12.1 Å². The number of amides is 1. The third kappa shape index (κ3) is 4.66. The molecule has 1 heterocycles. The lowest BCUT2D eigenvalue weighted by molar-refractivity contribution is -0.142. The van der Waals surface area contributed by atoms with Crippen molar-refractivity contribution in [3.8, 4) is 0 Å². The maximum Gasteiger partial charge on any atom is 0.328 e. The molecule has 1 aromatic rings. The van der Waals surface area contributed by atoms with E-state index in [0.29, 0.717) is 36.4 Å². The fourth-order valence-electron chi connectivity index (χ4n) is 2.73. The number of benzene rings is 1. The molecule has 7 nitrogen and oxygen atoms in total. The molecule has 0 unspecified atom stereocenters. The first-order valence-corrected chi connectivity index (χ1v) is 11.0. The number of sulfonamides is 1. The summed E-state index contributed by atoms with van der Waals surface area (Å²) in [6.07, 6.45) is 4.11. The molecule has 0 spiro atoms. The number of anilines is 1. The van der Waals surface area contributed by atoms with E-state index in [1.54, 1.807) is 30.0 Å². The summed E-state index contributed by atoms with van der Waals surface area (Å²) in [5.74, 6) is -0.142. The van der Waals surface area contributed by atoms with Crippen LogP contribution in [0.1, 0.15) is 22.3 Å². The van der Waals surface area contributed by atoms with Crippen LogP contribution in [0.5, 0.6) is 0 Å². The van der Waals surface area contributed by atoms with Crippen molar-refractivity contribution in [2.45, 2.75) is 18.9 Å². The van der Waals surface area contributed by atoms with Crippen LogP contribution >= 0.6 is 11.8 Å². The van der Waals surface area contributed by atoms with Gasteiger partial charge in [0.05, 0.1) is 19.1 Å². The van der Waals surface area contributed by atoms with E-state index in [9.17, 15) is 18.0 Å². The Morgan fingerprint density at radius 3 is 2.72 bits per heavy atom. The highest BCUT2D eigenvalue weighted by atomic mass is 32.2. The number of carbonyl (C=O) groups is 2. The average Bonchev–Trinajstić information content (AvgIpc) is 3.00. The number of thioether (sulfide) groups is 1. The van der Waals surface area contributed by atoms with E-state index >= 15 is 0 Å². The molecule has 2 rings (SSSR count). The van der Waals surface area contributed by atoms with Gasteiger partial charge in [-0.3, -0.25) is 9.10 Å². The summed E-state index contributed by atoms with van der Waals surface area (Å²) >= 11 is 1.58. The number of rotatable bonds is 7. The molecule has 0 saturated heterocycles. The molecule has 1 N–H and O–H groups in total. The molecule has 0 saturated carbocycles. The fourth-order valence-corrected chi connectivity index (χ4v) is 4.16. The summed E-state index contributed by atoms with van der Waals surface area (Å²) in [4.78, 5) is 24.3. The van der Waals surface area contributed by atoms with E-state index in [4.69, 9.17) is 4.74 Å². The maximum absolute atomic E-state index is 12.5. The number of nitrogens with zero attached hydrogens (tertiary/aromatic N) is 1. The number of esters is 1. The van der Waals surface area contributed by atoms with Crippen LogP contribution in [-0.4, -0.2) is 58.3 Å². The first-order valence-electron chi connectivity index (χ1n) is 7.76. The van der Waals surface area contributed by atoms with Crippen molar-refractivity contribution < 1.29 is 22.7 Å². The van der Waals surface area contributed by atoms with Crippen LogP contribution in [-0.2, 0) is 26.0 Å². The van der Waals surface area contributed by atoms with Gasteiger partial charge in [0.15, 0.2) is 0 Å². The Morgan fingerprint density at radius 1 is 1.40 bits per heavy atom. The predicted octanol–water partition coefficient (Wildman–Crippen LogP) is 1.03. The highest BCUT2D eigenvalue weighted by Crippen LogP contribution is 2.30. The molecule has 138 valence electrons. The molecule has 0 radical (unpaired) electrons. The van der Waals surface area contributed by atoms with E-state index in [-0.39, 0.29) is 5.91 Å². The molecule has 1 atom stereocenters. The zero-order chi connectivity index (χ0) is 18.6. The van der Waals surface area contributed by atoms with Crippen LogP contribution in [0.2, 0.25) is 0 Å². The summed E-state index contributed by atoms with van der Waals surface area (Å²) in [6.45, 7) is 0.373. The van der Waals surface area contributed by atoms with E-state index < -0.39 is 22.0 Å². The second kappa shape index (κ2) is 8.09. The third-order valence-electron chi connectivity index (χ3n) is 4.00. The van der Waals surface area contributed by atoms with Crippen LogP contribution < -0.4 is 9.62 Å². The Hall–Kier alpha value is -1.74. The van der Waals surface area contributed by atoms with Gasteiger partial charge in [-0.2, -0.15) is 11.8 Å². The summed E-state index contributed by atoms with van der Waals surface area (Å²) in [5, 5.41) is 2.69. The second-order valence-corrected chi connectivity index (χ2v) is 8.65. The van der Waals surface area contributed by atoms with Crippen molar-refractivity contribution in [3.05, 3.63) is 29.3 Å². The Kier molecular flexibility index (Phi) is 6.34. The summed E-state index contributed by atoms with van der Waals surface area (Å²) < 4.78 is 29.6. The molecule has 0 aliphatic carbocycles. The molecule has 1 aliphatic rings. The van der Waals surface area contributed by atoms with Crippen molar-refractivity contribution in [1.82, 2.24) is 5.32 Å². The molecule has 1 aromatic carbocycles. The minimum absolute atomic E-state index is 0.373. The van der Waals surface area contributed by atoms with Crippen LogP contribution in [0.4, 0.5) is 5.69 Å². The molecule has 9 heteroatoms. The average molecular weight is 386 g/mol. The van der Waals surface area contributed by atoms with Crippen LogP contribution in [0.3, 0.4) is 0 Å². The molecule has 1 aliphatic heterocycles. The number of carbonyl (C=O) groups excluding carboxylic acids is 2. The standard InChI is InChI=1S/C16H22N2O5S2/c1-23-16(20)13(7-9-24-2)17-15(19)12-4-5-14-11(10-12)6-8-18(14)25(3,21)22/h4-5,10,13H,6-9H2,1-3H3,(H,17,19)/t13-/m0/s1. The van der Waals surface area contributed by atoms with E-state index in [0.717, 1.165) is 11.8 Å². The number of hydrogen-bond acceptors (Lipinski definition) is 6. The summed E-state index contributed by atoms with van der Waals surface area (Å²) in [6, 6.07) is 4.18. The molecule has 25 heavy (non-hydrogen) atoms. The lowest BCUT2D eigenvalue weighted by Crippen LogP contribution is -2.42. The molecule has 0 aromatic heterocycles. The van der Waals surface area contributed by atoms with E-state index in [1.807, 2.05) is 6.26 Å². The highest BCUT2D eigenvalue weighted by molar-refractivity contribution is 7.98. The van der Waals surface area contributed by atoms with Gasteiger partial charge in [0.2, 0.25) is 10.0 Å². The number of hydrogen-bond donors (Lipinski definition) is 1. The van der Waals surface area contributed by atoms with Gasteiger partial charge in [-0.05, 0) is 48.6 Å². The Morgan fingerprint density at radius 2 is 2.12 bits per heavy atom. The van der Waals surface area contributed by atoms with Gasteiger partial charge in [-0.25, -0.2) is 13.2 Å². The largest absolute Gasteiger partial charge is 0.467 e. The van der Waals surface area contributed by atoms with Crippen molar-refractivity contribution in [3.63, 3.8) is 0 Å². The quantitative estimate of drug-likeness (QED) is 0.704. The Balaban J connectivity index is 2.16. The molecule has 0 fully saturated rings. The van der Waals surface area contributed by atoms with Crippen LogP contribution in [0.25, 0.3) is 0 Å². The fraction of sp³-hybridized carbons (Fsp3) is 0.500. The van der Waals surface area contributed by atoms with E-state index in [2.05, 4.69) is 5.32 Å². The first kappa shape index (κ1) is 19.6. The SMILES string of the molecule is COC(=O)[C@H](CCSC)NC(=O)c1ccc2c(c1)CCN2S(C)(=O)=O. The van der Waals surface area contributed by atoms with Gasteiger partial charge in [0.25, 0.3) is 5.91 Å². The Bertz CT molecular complexity index is 764. The number of nitrogens with one attached hydrogen (secondary N) is 1. The third-order valence-corrected chi connectivity index (χ3v) is 5.82. The number of methoxy groups -OCH3 is 1. The zero-order valence-electron chi connectivity index (χ0n) is 14.4. The monoisotopic (exact) mass is 386 g/mol. The predicted molar refractivity (Wildman–Crippen MR) is 98.6 cm³/mol. The normalized spacial score (nSPS) is 14.8. The van der Waals surface area contributed by atoms with Gasteiger partial charge in [-0.15, -0.1) is 0 Å². The molecule has 1 amide bonds. The number of ether oxygens (including phenoxy) is 1. The summed E-state index contributed by atoms with van der Waals surface area (Å²) in [5.41, 5.74) is 1.80. The van der Waals surface area contributed by atoms with Gasteiger partial charge in [0.1, 0.15) is 6.04 Å². The van der Waals surface area contributed by atoms with Crippen LogP contribution in [0, 0.1) is 0 Å². The van der Waals surface area contributed by atoms with Gasteiger partial charge in [-0.1, -0.05) is 0 Å².